The van der Waals surface area contributed by atoms with E-state index in [2.05, 4.69) is 0 Å². The van der Waals surface area contributed by atoms with Crippen molar-refractivity contribution in [2.45, 2.75) is 45.1 Å². The summed E-state index contributed by atoms with van der Waals surface area (Å²) in [5.74, 6) is -1.52. The second kappa shape index (κ2) is 5.13. The van der Waals surface area contributed by atoms with Crippen LogP contribution in [-0.4, -0.2) is 25.4 Å². The first-order chi connectivity index (χ1) is 9.89. The zero-order valence-corrected chi connectivity index (χ0v) is 13.0. The van der Waals surface area contributed by atoms with Gasteiger partial charge in [0.05, 0.1) is 23.9 Å². The van der Waals surface area contributed by atoms with Gasteiger partial charge in [-0.2, -0.15) is 13.2 Å². The van der Waals surface area contributed by atoms with Crippen LogP contribution in [0.25, 0.3) is 0 Å². The first-order valence-corrected chi connectivity index (χ1v) is 6.69. The number of hydrogen-bond donors (Lipinski definition) is 0. The van der Waals surface area contributed by atoms with Crippen LogP contribution in [-0.2, 0) is 15.5 Å². The summed E-state index contributed by atoms with van der Waals surface area (Å²) in [7, 11) is -0.0474. The largest absolute Gasteiger partial charge is 0.498 e. The molecular formula is C14H17BF4O3. The maximum Gasteiger partial charge on any atom is 0.498 e. The average Bonchev–Trinajstić information content (AvgIpc) is 2.56. The predicted octanol–water partition coefficient (Wildman–Crippen LogP) is 3.15. The van der Waals surface area contributed by atoms with Crippen LogP contribution in [0.5, 0.6) is 5.75 Å². The van der Waals surface area contributed by atoms with Gasteiger partial charge in [0.2, 0.25) is 0 Å². The second-order valence-electron chi connectivity index (χ2n) is 6.16. The summed E-state index contributed by atoms with van der Waals surface area (Å²) < 4.78 is 69.0. The van der Waals surface area contributed by atoms with Crippen molar-refractivity contribution < 1.29 is 31.6 Å². The summed E-state index contributed by atoms with van der Waals surface area (Å²) >= 11 is 0. The van der Waals surface area contributed by atoms with E-state index in [1.807, 2.05) is 0 Å². The third-order valence-electron chi connectivity index (χ3n) is 4.10. The first kappa shape index (κ1) is 17.1. The van der Waals surface area contributed by atoms with Crippen LogP contribution in [0.4, 0.5) is 17.6 Å². The molecule has 1 saturated heterocycles. The Hall–Kier alpha value is -1.28. The van der Waals surface area contributed by atoms with Gasteiger partial charge in [-0.1, -0.05) is 0 Å². The van der Waals surface area contributed by atoms with E-state index < -0.39 is 41.6 Å². The zero-order valence-electron chi connectivity index (χ0n) is 13.0. The minimum absolute atomic E-state index is 0.117. The molecule has 0 amide bonds. The monoisotopic (exact) mass is 320 g/mol. The molecule has 0 aliphatic carbocycles. The smallest absolute Gasteiger partial charge is 0.496 e. The number of benzene rings is 1. The minimum Gasteiger partial charge on any atom is -0.496 e. The number of halogens is 4. The number of methoxy groups -OCH3 is 1. The van der Waals surface area contributed by atoms with E-state index >= 15 is 0 Å². The Morgan fingerprint density at radius 1 is 1.05 bits per heavy atom. The molecule has 0 aromatic heterocycles. The van der Waals surface area contributed by atoms with Crippen molar-refractivity contribution in [1.29, 1.82) is 0 Å². The Balaban J connectivity index is 2.56. The highest BCUT2D eigenvalue weighted by molar-refractivity contribution is 6.63. The molecule has 2 rings (SSSR count). The van der Waals surface area contributed by atoms with Gasteiger partial charge >= 0.3 is 13.3 Å². The summed E-state index contributed by atoms with van der Waals surface area (Å²) in [5, 5.41) is 0. The molecule has 122 valence electrons. The molecule has 0 N–H and O–H groups in total. The number of alkyl halides is 3. The van der Waals surface area contributed by atoms with Crippen LogP contribution in [0, 0.1) is 5.82 Å². The third kappa shape index (κ3) is 2.81. The van der Waals surface area contributed by atoms with Gasteiger partial charge in [-0.3, -0.25) is 0 Å². The molecule has 0 saturated carbocycles. The highest BCUT2D eigenvalue weighted by Gasteiger charge is 2.53. The maximum absolute atomic E-state index is 13.6. The molecule has 8 heteroatoms. The molecule has 1 fully saturated rings. The molecule has 3 nitrogen and oxygen atoms in total. The van der Waals surface area contributed by atoms with Crippen molar-refractivity contribution in [3.8, 4) is 5.75 Å². The lowest BCUT2D eigenvalue weighted by atomic mass is 9.77. The predicted molar refractivity (Wildman–Crippen MR) is 73.7 cm³/mol. The van der Waals surface area contributed by atoms with E-state index in [1.165, 1.54) is 0 Å². The van der Waals surface area contributed by atoms with Crippen LogP contribution in [0.3, 0.4) is 0 Å². The summed E-state index contributed by atoms with van der Waals surface area (Å²) in [6.07, 6.45) is -4.74. The molecule has 0 bridgehead atoms. The molecule has 1 aliphatic rings. The van der Waals surface area contributed by atoms with Gasteiger partial charge in [0.25, 0.3) is 0 Å². The molecule has 0 atom stereocenters. The molecular weight excluding hydrogens is 303 g/mol. The normalized spacial score (nSPS) is 20.3. The Labute approximate surface area is 126 Å². The van der Waals surface area contributed by atoms with Crippen LogP contribution in [0.15, 0.2) is 12.1 Å². The van der Waals surface area contributed by atoms with E-state index in [0.29, 0.717) is 6.07 Å². The fourth-order valence-electron chi connectivity index (χ4n) is 2.20. The van der Waals surface area contributed by atoms with Crippen LogP contribution in [0.1, 0.15) is 33.3 Å². The Kier molecular flexibility index (Phi) is 3.98. The SMILES string of the molecule is COc1c(B2OC(C)(C)C(C)(C)O2)cc(F)cc1C(F)(F)F. The number of hydrogen-bond acceptors (Lipinski definition) is 3. The van der Waals surface area contributed by atoms with Gasteiger partial charge in [0, 0.05) is 5.46 Å². The minimum atomic E-state index is -4.74. The zero-order chi connectivity index (χ0) is 16.9. The van der Waals surface area contributed by atoms with Gasteiger partial charge in [-0.25, -0.2) is 4.39 Å². The summed E-state index contributed by atoms with van der Waals surface area (Å²) in [4.78, 5) is 0. The lowest BCUT2D eigenvalue weighted by Gasteiger charge is -2.32. The standard InChI is InChI=1S/C14H17BF4O3/c1-12(2)13(3,4)22-15(21-12)10-7-8(16)6-9(11(10)20-5)14(17,18)19/h6-7H,1-5H3. The van der Waals surface area contributed by atoms with E-state index in [4.69, 9.17) is 14.0 Å². The van der Waals surface area contributed by atoms with Gasteiger partial charge in [0.15, 0.2) is 0 Å². The lowest BCUT2D eigenvalue weighted by Crippen LogP contribution is -2.41. The molecule has 1 aromatic rings. The number of rotatable bonds is 2. The van der Waals surface area contributed by atoms with Gasteiger partial charge in [0.1, 0.15) is 11.6 Å². The first-order valence-electron chi connectivity index (χ1n) is 6.69. The Morgan fingerprint density at radius 3 is 1.95 bits per heavy atom. The van der Waals surface area contributed by atoms with E-state index in [-0.39, 0.29) is 5.46 Å². The van der Waals surface area contributed by atoms with Crippen molar-refractivity contribution in [2.24, 2.45) is 0 Å². The quantitative estimate of drug-likeness (QED) is 0.619. The molecule has 1 aliphatic heterocycles. The van der Waals surface area contributed by atoms with E-state index in [0.717, 1.165) is 13.2 Å². The highest BCUT2D eigenvalue weighted by atomic mass is 19.4. The lowest BCUT2D eigenvalue weighted by molar-refractivity contribution is -0.138. The molecule has 22 heavy (non-hydrogen) atoms. The molecule has 0 spiro atoms. The van der Waals surface area contributed by atoms with Gasteiger partial charge in [-0.15, -0.1) is 0 Å². The van der Waals surface area contributed by atoms with Crippen molar-refractivity contribution in [3.05, 3.63) is 23.5 Å². The molecule has 1 heterocycles. The fraction of sp³-hybridized carbons (Fsp3) is 0.571. The molecule has 1 aromatic carbocycles. The third-order valence-corrected chi connectivity index (χ3v) is 4.10. The van der Waals surface area contributed by atoms with Gasteiger partial charge in [-0.05, 0) is 39.8 Å². The average molecular weight is 320 g/mol. The molecule has 0 radical (unpaired) electrons. The summed E-state index contributed by atoms with van der Waals surface area (Å²) in [6, 6.07) is 1.34. The molecule has 0 unspecified atom stereocenters. The van der Waals surface area contributed by atoms with Crippen molar-refractivity contribution in [2.75, 3.05) is 7.11 Å². The van der Waals surface area contributed by atoms with Gasteiger partial charge < -0.3 is 14.0 Å². The van der Waals surface area contributed by atoms with E-state index in [9.17, 15) is 17.6 Å². The van der Waals surface area contributed by atoms with Crippen molar-refractivity contribution in [3.63, 3.8) is 0 Å². The summed E-state index contributed by atoms with van der Waals surface area (Å²) in [5.41, 5.74) is -2.82. The van der Waals surface area contributed by atoms with Crippen LogP contribution in [0.2, 0.25) is 0 Å². The van der Waals surface area contributed by atoms with Crippen LogP contribution < -0.4 is 10.2 Å². The Morgan fingerprint density at radius 2 is 1.55 bits per heavy atom. The van der Waals surface area contributed by atoms with Crippen molar-refractivity contribution in [1.82, 2.24) is 0 Å². The van der Waals surface area contributed by atoms with E-state index in [1.54, 1.807) is 27.7 Å². The Bertz CT molecular complexity index is 568. The summed E-state index contributed by atoms with van der Waals surface area (Å²) in [6.45, 7) is 7.01. The van der Waals surface area contributed by atoms with Crippen molar-refractivity contribution >= 4 is 12.6 Å². The highest BCUT2D eigenvalue weighted by Crippen LogP contribution is 2.40. The van der Waals surface area contributed by atoms with Crippen LogP contribution >= 0.6 is 0 Å². The topological polar surface area (TPSA) is 27.7 Å². The fourth-order valence-corrected chi connectivity index (χ4v) is 2.20. The number of ether oxygens (including phenoxy) is 1. The second-order valence-corrected chi connectivity index (χ2v) is 6.16. The maximum atomic E-state index is 13.6.